The first-order chi connectivity index (χ1) is 23.5. The van der Waals surface area contributed by atoms with Crippen LogP contribution in [0.3, 0.4) is 0 Å². The van der Waals surface area contributed by atoms with Gasteiger partial charge in [-0.05, 0) is 88.2 Å². The summed E-state index contributed by atoms with van der Waals surface area (Å²) in [6, 6.07) is 4.01. The van der Waals surface area contributed by atoms with Crippen LogP contribution in [0, 0.1) is 11.8 Å². The number of amides is 1. The molecule has 1 aromatic carbocycles. The molecule has 1 aliphatic carbocycles. The average molecular weight is 742 g/mol. The highest BCUT2D eigenvalue weighted by atomic mass is 32.2. The Morgan fingerprint density at radius 2 is 1.98 bits per heavy atom. The third-order valence-electron chi connectivity index (χ3n) is 10.7. The molecule has 0 bridgehead atoms. The fourth-order valence-electron chi connectivity index (χ4n) is 6.84. The highest BCUT2D eigenvalue weighted by molar-refractivity contribution is 8.06. The van der Waals surface area contributed by atoms with E-state index in [0.29, 0.717) is 23.1 Å². The van der Waals surface area contributed by atoms with Gasteiger partial charge in [-0.3, -0.25) is 9.69 Å². The minimum Gasteiger partial charge on any atom is -0.507 e. The topological polar surface area (TPSA) is 85.3 Å². The summed E-state index contributed by atoms with van der Waals surface area (Å²) in [4.78, 5) is 29.4. The van der Waals surface area contributed by atoms with Crippen molar-refractivity contribution in [2.24, 2.45) is 11.8 Å². The molecule has 1 fully saturated rings. The van der Waals surface area contributed by atoms with E-state index in [2.05, 4.69) is 79.9 Å². The molecule has 276 valence electrons. The number of aromatic hydroxyl groups is 1. The zero-order valence-electron chi connectivity index (χ0n) is 31.7. The molecule has 1 unspecified atom stereocenters. The number of rotatable bonds is 17. The van der Waals surface area contributed by atoms with E-state index in [1.165, 1.54) is 23.4 Å². The van der Waals surface area contributed by atoms with E-state index in [0.717, 1.165) is 60.1 Å². The van der Waals surface area contributed by atoms with Gasteiger partial charge in [-0.15, -0.1) is 23.5 Å². The highest BCUT2D eigenvalue weighted by Crippen LogP contribution is 2.53. The minimum atomic E-state index is -2.11. The van der Waals surface area contributed by atoms with Gasteiger partial charge in [-0.2, -0.15) is 0 Å². The first kappa shape index (κ1) is 40.4. The number of carbonyl (C=O) groups excluding carboxylic acids is 2. The fraction of sp³-hybridized carbons (Fsp3) is 0.600. The van der Waals surface area contributed by atoms with Crippen LogP contribution in [-0.2, 0) is 25.2 Å². The van der Waals surface area contributed by atoms with Crippen molar-refractivity contribution in [1.82, 2.24) is 4.90 Å². The first-order valence-corrected chi connectivity index (χ1v) is 23.0. The number of phenolic OH excluding ortho intramolecular Hbond substituents is 1. The molecule has 1 aromatic rings. The SMILES string of the molecule is C=CCOC(=O)C1=C(CSCOc2cc(CCCCC)cc(O)c2[C@@H]2C=C(C)CC[C@H]2C(=C)C)S[C@@H]2[C@@H](C(C)O[Si](C)(C)C(C)(C)C)C(=O)N12. The number of nitrogens with zero attached hydrogens (tertiary/aromatic N) is 1. The van der Waals surface area contributed by atoms with E-state index in [9.17, 15) is 14.7 Å². The number of fused-ring (bicyclic) bond motifs is 1. The number of hydrogen-bond donors (Lipinski definition) is 1. The molecule has 7 nitrogen and oxygen atoms in total. The third-order valence-corrected chi connectivity index (χ3v) is 17.6. The van der Waals surface area contributed by atoms with Crippen LogP contribution < -0.4 is 4.74 Å². The molecule has 4 rings (SSSR count). The highest BCUT2D eigenvalue weighted by Gasteiger charge is 2.59. The number of phenols is 1. The maximum absolute atomic E-state index is 13.6. The number of esters is 1. The standard InChI is InChI=1S/C40H59NO6S2Si/c1-12-14-15-16-28-21-31(42)35(30-20-26(5)17-18-29(30)25(3)4)32(22-28)46-24-48-23-33-36(39(44)45-19-13-2)41-37(43)34(38(41)49-33)27(6)47-50(10,11)40(7,8)9/h13,20-22,27,29-30,34,38,42H,2-3,12,14-19,23-24H2,1,4-11H3/t27?,29-,30+,34-,38+/m0/s1. The van der Waals surface area contributed by atoms with Crippen LogP contribution in [0.4, 0.5) is 0 Å². The number of ether oxygens (including phenoxy) is 2. The molecule has 1 saturated heterocycles. The van der Waals surface area contributed by atoms with Gasteiger partial charge in [-0.1, -0.05) is 77.0 Å². The number of unbranched alkanes of at least 4 members (excludes halogenated alkanes) is 2. The van der Waals surface area contributed by atoms with Crippen molar-refractivity contribution in [3.8, 4) is 11.5 Å². The Bertz CT molecular complexity index is 1510. The Kier molecular flexibility index (Phi) is 13.7. The Morgan fingerprint density at radius 1 is 1.26 bits per heavy atom. The fourth-order valence-corrected chi connectivity index (χ4v) is 10.8. The predicted octanol–water partition coefficient (Wildman–Crippen LogP) is 10.1. The second-order valence-corrected chi connectivity index (χ2v) is 22.5. The molecule has 0 radical (unpaired) electrons. The van der Waals surface area contributed by atoms with E-state index < -0.39 is 14.3 Å². The number of allylic oxidation sites excluding steroid dienone is 3. The predicted molar refractivity (Wildman–Crippen MR) is 211 cm³/mol. The van der Waals surface area contributed by atoms with Crippen LogP contribution in [0.15, 0.2) is 59.2 Å². The molecule has 1 amide bonds. The Hall–Kier alpha value is -2.40. The van der Waals surface area contributed by atoms with Crippen molar-refractivity contribution in [1.29, 1.82) is 0 Å². The summed E-state index contributed by atoms with van der Waals surface area (Å²) in [6.07, 6.45) is 9.71. The van der Waals surface area contributed by atoms with Crippen LogP contribution in [-0.4, -0.2) is 60.0 Å². The summed E-state index contributed by atoms with van der Waals surface area (Å²) in [5, 5.41) is 11.3. The van der Waals surface area contributed by atoms with E-state index >= 15 is 0 Å². The van der Waals surface area contributed by atoms with Gasteiger partial charge in [0.2, 0.25) is 5.91 Å². The number of hydrogen-bond acceptors (Lipinski definition) is 8. The van der Waals surface area contributed by atoms with Gasteiger partial charge in [0.1, 0.15) is 35.1 Å². The second kappa shape index (κ2) is 17.0. The second-order valence-electron chi connectivity index (χ2n) is 15.6. The van der Waals surface area contributed by atoms with Crippen molar-refractivity contribution in [3.63, 3.8) is 0 Å². The molecule has 50 heavy (non-hydrogen) atoms. The molecule has 0 spiro atoms. The summed E-state index contributed by atoms with van der Waals surface area (Å²) >= 11 is 3.09. The maximum Gasteiger partial charge on any atom is 0.356 e. The minimum absolute atomic E-state index is 0.0134. The Labute approximate surface area is 310 Å². The maximum atomic E-state index is 13.6. The lowest BCUT2D eigenvalue weighted by molar-refractivity contribution is -0.157. The van der Waals surface area contributed by atoms with Gasteiger partial charge in [0.25, 0.3) is 0 Å². The van der Waals surface area contributed by atoms with Crippen molar-refractivity contribution in [2.75, 3.05) is 18.3 Å². The van der Waals surface area contributed by atoms with Crippen molar-refractivity contribution >= 4 is 43.7 Å². The molecule has 1 N–H and O–H groups in total. The van der Waals surface area contributed by atoms with Crippen LogP contribution in [0.25, 0.3) is 0 Å². The van der Waals surface area contributed by atoms with Gasteiger partial charge >= 0.3 is 5.97 Å². The lowest BCUT2D eigenvalue weighted by Gasteiger charge is -2.48. The molecular formula is C40H59NO6S2Si. The van der Waals surface area contributed by atoms with Gasteiger partial charge in [0, 0.05) is 22.1 Å². The number of carbonyl (C=O) groups is 2. The van der Waals surface area contributed by atoms with Gasteiger partial charge in [0.05, 0.1) is 12.0 Å². The van der Waals surface area contributed by atoms with Crippen LogP contribution in [0.2, 0.25) is 18.1 Å². The zero-order chi connectivity index (χ0) is 37.0. The third kappa shape index (κ3) is 8.96. The van der Waals surface area contributed by atoms with Crippen molar-refractivity contribution in [3.05, 3.63) is 70.3 Å². The number of β-lactam (4-membered cyclic amide) rings is 1. The summed E-state index contributed by atoms with van der Waals surface area (Å²) in [5.74, 6) is 0.985. The zero-order valence-corrected chi connectivity index (χ0v) is 34.4. The summed E-state index contributed by atoms with van der Waals surface area (Å²) in [7, 11) is -2.11. The van der Waals surface area contributed by atoms with E-state index in [-0.39, 0.29) is 52.5 Å². The lowest BCUT2D eigenvalue weighted by atomic mass is 9.73. The summed E-state index contributed by atoms with van der Waals surface area (Å²) < 4.78 is 18.6. The van der Waals surface area contributed by atoms with Crippen LogP contribution in [0.5, 0.6) is 11.5 Å². The van der Waals surface area contributed by atoms with Crippen LogP contribution in [0.1, 0.15) is 97.6 Å². The Morgan fingerprint density at radius 3 is 2.62 bits per heavy atom. The summed E-state index contributed by atoms with van der Waals surface area (Å²) in [5.41, 5.74) is 4.61. The lowest BCUT2D eigenvalue weighted by Crippen LogP contribution is -2.62. The molecule has 0 aromatic heterocycles. The molecule has 3 aliphatic rings. The molecule has 5 atom stereocenters. The van der Waals surface area contributed by atoms with Crippen molar-refractivity contribution < 1.29 is 28.6 Å². The van der Waals surface area contributed by atoms with Gasteiger partial charge in [-0.25, -0.2) is 4.79 Å². The largest absolute Gasteiger partial charge is 0.507 e. The molecule has 2 aliphatic heterocycles. The molecule has 0 saturated carbocycles. The van der Waals surface area contributed by atoms with Crippen LogP contribution >= 0.6 is 23.5 Å². The first-order valence-electron chi connectivity index (χ1n) is 18.1. The van der Waals surface area contributed by atoms with Gasteiger partial charge < -0.3 is 19.0 Å². The number of thioether (sulfide) groups is 2. The van der Waals surface area contributed by atoms with Crippen molar-refractivity contribution in [2.45, 2.75) is 123 Å². The normalized spacial score (nSPS) is 22.9. The number of benzene rings is 1. The van der Waals surface area contributed by atoms with E-state index in [1.807, 2.05) is 13.0 Å². The Balaban J connectivity index is 1.55. The van der Waals surface area contributed by atoms with E-state index in [4.69, 9.17) is 13.9 Å². The monoisotopic (exact) mass is 741 g/mol. The quantitative estimate of drug-likeness (QED) is 0.0422. The summed E-state index contributed by atoms with van der Waals surface area (Å²) in [6.45, 7) is 27.4. The molecule has 10 heteroatoms. The molecular weight excluding hydrogens is 683 g/mol. The van der Waals surface area contributed by atoms with E-state index in [1.54, 1.807) is 16.7 Å². The smallest absolute Gasteiger partial charge is 0.356 e. The average Bonchev–Trinajstić information content (AvgIpc) is 3.35. The number of aryl methyl sites for hydroxylation is 1. The molecule has 2 heterocycles. The van der Waals surface area contributed by atoms with Gasteiger partial charge in [0.15, 0.2) is 8.32 Å².